The van der Waals surface area contributed by atoms with Crippen molar-refractivity contribution in [2.75, 3.05) is 0 Å². The van der Waals surface area contributed by atoms with Crippen molar-refractivity contribution in [1.82, 2.24) is 0 Å². The van der Waals surface area contributed by atoms with Crippen LogP contribution in [0.4, 0.5) is 0 Å². The summed E-state index contributed by atoms with van der Waals surface area (Å²) in [6.45, 7) is 8.59. The Labute approximate surface area is 74.9 Å². The van der Waals surface area contributed by atoms with Crippen molar-refractivity contribution < 1.29 is 4.79 Å². The van der Waals surface area contributed by atoms with Gasteiger partial charge in [0.25, 0.3) is 0 Å². The van der Waals surface area contributed by atoms with E-state index in [0.29, 0.717) is 24.0 Å². The van der Waals surface area contributed by atoms with Crippen LogP contribution in [-0.4, -0.2) is 5.78 Å². The molecule has 1 nitrogen and oxygen atoms in total. The van der Waals surface area contributed by atoms with Gasteiger partial charge in [0.2, 0.25) is 0 Å². The van der Waals surface area contributed by atoms with Gasteiger partial charge in [-0.25, -0.2) is 0 Å². The van der Waals surface area contributed by atoms with E-state index >= 15 is 0 Å². The topological polar surface area (TPSA) is 17.1 Å². The van der Waals surface area contributed by atoms with E-state index in [4.69, 9.17) is 0 Å². The largest absolute Gasteiger partial charge is 0.299 e. The number of hydrogen-bond acceptors (Lipinski definition) is 1. The van der Waals surface area contributed by atoms with Crippen LogP contribution in [0, 0.1) is 17.8 Å². The minimum absolute atomic E-state index is 0.213. The van der Waals surface area contributed by atoms with Gasteiger partial charge in [-0.1, -0.05) is 39.3 Å². The third-order valence-electron chi connectivity index (χ3n) is 2.58. The van der Waals surface area contributed by atoms with E-state index in [1.54, 1.807) is 0 Å². The first-order valence-electron chi connectivity index (χ1n) is 4.76. The van der Waals surface area contributed by atoms with Gasteiger partial charge in [-0.15, -0.1) is 0 Å². The molecule has 0 fully saturated rings. The molecule has 1 rings (SSSR count). The average molecular weight is 166 g/mol. The van der Waals surface area contributed by atoms with E-state index in [-0.39, 0.29) is 5.92 Å². The summed E-state index contributed by atoms with van der Waals surface area (Å²) < 4.78 is 0. The molecule has 1 heteroatoms. The molecule has 0 saturated heterocycles. The molecule has 12 heavy (non-hydrogen) atoms. The van der Waals surface area contributed by atoms with Crippen molar-refractivity contribution in [3.8, 4) is 0 Å². The van der Waals surface area contributed by atoms with Gasteiger partial charge in [0.1, 0.15) is 5.78 Å². The second kappa shape index (κ2) is 3.42. The lowest BCUT2D eigenvalue weighted by atomic mass is 9.84. The van der Waals surface area contributed by atoms with Crippen LogP contribution in [0.2, 0.25) is 0 Å². The molecule has 0 aliphatic heterocycles. The first-order valence-corrected chi connectivity index (χ1v) is 4.76. The zero-order valence-electron chi connectivity index (χ0n) is 8.42. The minimum Gasteiger partial charge on any atom is -0.299 e. The number of allylic oxidation sites excluding steroid dienone is 2. The van der Waals surface area contributed by atoms with Crippen molar-refractivity contribution >= 4 is 5.78 Å². The highest BCUT2D eigenvalue weighted by atomic mass is 16.1. The second-order valence-corrected chi connectivity index (χ2v) is 4.25. The van der Waals surface area contributed by atoms with Crippen molar-refractivity contribution in [2.45, 2.75) is 34.1 Å². The molecular weight excluding hydrogens is 148 g/mol. The van der Waals surface area contributed by atoms with Crippen LogP contribution >= 0.6 is 0 Å². The third kappa shape index (κ3) is 1.60. The fraction of sp³-hybridized carbons (Fsp3) is 0.727. The third-order valence-corrected chi connectivity index (χ3v) is 2.58. The molecule has 0 aromatic carbocycles. The van der Waals surface area contributed by atoms with Gasteiger partial charge >= 0.3 is 0 Å². The van der Waals surface area contributed by atoms with Gasteiger partial charge in [-0.3, -0.25) is 4.79 Å². The smallest absolute Gasteiger partial charge is 0.144 e. The number of ketones is 1. The van der Waals surface area contributed by atoms with E-state index in [9.17, 15) is 4.79 Å². The molecule has 1 atom stereocenters. The predicted molar refractivity (Wildman–Crippen MR) is 50.9 cm³/mol. The first-order chi connectivity index (χ1) is 5.54. The van der Waals surface area contributed by atoms with Gasteiger partial charge < -0.3 is 0 Å². The van der Waals surface area contributed by atoms with Crippen molar-refractivity contribution in [2.24, 2.45) is 17.8 Å². The molecule has 1 aliphatic rings. The Kier molecular flexibility index (Phi) is 2.71. The lowest BCUT2D eigenvalue weighted by Crippen LogP contribution is -2.19. The predicted octanol–water partition coefficient (Wildman–Crippen LogP) is 2.81. The molecule has 68 valence electrons. The maximum Gasteiger partial charge on any atom is 0.144 e. The molecule has 0 radical (unpaired) electrons. The van der Waals surface area contributed by atoms with Gasteiger partial charge in [0.15, 0.2) is 0 Å². The summed E-state index contributed by atoms with van der Waals surface area (Å²) in [4.78, 5) is 11.5. The summed E-state index contributed by atoms with van der Waals surface area (Å²) in [5.41, 5.74) is 1.36. The van der Waals surface area contributed by atoms with Crippen LogP contribution in [0.1, 0.15) is 34.1 Å². The van der Waals surface area contributed by atoms with Gasteiger partial charge in [-0.2, -0.15) is 0 Å². The van der Waals surface area contributed by atoms with Crippen LogP contribution in [0.15, 0.2) is 11.6 Å². The molecule has 0 heterocycles. The highest BCUT2D eigenvalue weighted by Crippen LogP contribution is 2.33. The van der Waals surface area contributed by atoms with Gasteiger partial charge in [0.05, 0.1) is 0 Å². The molecule has 1 aliphatic carbocycles. The fourth-order valence-electron chi connectivity index (χ4n) is 2.01. The summed E-state index contributed by atoms with van der Waals surface area (Å²) in [5.74, 6) is 1.62. The Bertz CT molecular complexity index is 211. The first kappa shape index (κ1) is 9.50. The number of hydrogen-bond donors (Lipinski definition) is 0. The standard InChI is InChI=1S/C11H18O/c1-7(2)9-5-6-10(12)11(9)8(3)4/h5,7-8,11H,6H2,1-4H3/t11-/m1/s1. The Hall–Kier alpha value is -0.590. The van der Waals surface area contributed by atoms with E-state index in [2.05, 4.69) is 33.8 Å². The molecule has 0 aromatic heterocycles. The van der Waals surface area contributed by atoms with Gasteiger partial charge in [0, 0.05) is 12.3 Å². The zero-order valence-corrected chi connectivity index (χ0v) is 8.42. The Morgan fingerprint density at radius 2 is 1.92 bits per heavy atom. The van der Waals surface area contributed by atoms with Crippen LogP contribution in [0.5, 0.6) is 0 Å². The lowest BCUT2D eigenvalue weighted by Gasteiger charge is -2.20. The highest BCUT2D eigenvalue weighted by molar-refractivity contribution is 5.88. The summed E-state index contributed by atoms with van der Waals surface area (Å²) in [6, 6.07) is 0. The fourth-order valence-corrected chi connectivity index (χ4v) is 2.01. The normalized spacial score (nSPS) is 24.0. The Balaban J connectivity index is 2.81. The monoisotopic (exact) mass is 166 g/mol. The lowest BCUT2D eigenvalue weighted by molar-refractivity contribution is -0.121. The average Bonchev–Trinajstić information content (AvgIpc) is 2.30. The molecule has 0 saturated carbocycles. The molecule has 0 bridgehead atoms. The molecule has 0 spiro atoms. The van der Waals surface area contributed by atoms with Crippen LogP contribution in [0.3, 0.4) is 0 Å². The van der Waals surface area contributed by atoms with E-state index in [0.717, 1.165) is 0 Å². The summed E-state index contributed by atoms with van der Waals surface area (Å²) in [5, 5.41) is 0. The second-order valence-electron chi connectivity index (χ2n) is 4.25. The molecule has 0 unspecified atom stereocenters. The van der Waals surface area contributed by atoms with E-state index < -0.39 is 0 Å². The quantitative estimate of drug-likeness (QED) is 0.576. The summed E-state index contributed by atoms with van der Waals surface area (Å²) in [6.07, 6.45) is 2.79. The Morgan fingerprint density at radius 1 is 1.33 bits per heavy atom. The maximum absolute atomic E-state index is 11.5. The number of rotatable bonds is 2. The maximum atomic E-state index is 11.5. The number of carbonyl (C=O) groups excluding carboxylic acids is 1. The van der Waals surface area contributed by atoms with E-state index in [1.165, 1.54) is 5.57 Å². The zero-order chi connectivity index (χ0) is 9.30. The van der Waals surface area contributed by atoms with Crippen molar-refractivity contribution in [3.63, 3.8) is 0 Å². The summed E-state index contributed by atoms with van der Waals surface area (Å²) in [7, 11) is 0. The van der Waals surface area contributed by atoms with Crippen molar-refractivity contribution in [1.29, 1.82) is 0 Å². The van der Waals surface area contributed by atoms with Crippen LogP contribution in [0.25, 0.3) is 0 Å². The highest BCUT2D eigenvalue weighted by Gasteiger charge is 2.31. The summed E-state index contributed by atoms with van der Waals surface area (Å²) >= 11 is 0. The minimum atomic E-state index is 0.213. The molecule has 0 aromatic rings. The van der Waals surface area contributed by atoms with Gasteiger partial charge in [-0.05, 0) is 11.8 Å². The SMILES string of the molecule is CC(C)C1=CCC(=O)[C@@H]1C(C)C. The Morgan fingerprint density at radius 3 is 2.25 bits per heavy atom. The number of Topliss-reactive ketones (excluding diaryl/α,β-unsaturated/α-hetero) is 1. The molecule has 0 N–H and O–H groups in total. The number of carbonyl (C=O) groups is 1. The molecule has 0 amide bonds. The molecular formula is C11H18O. The van der Waals surface area contributed by atoms with E-state index in [1.807, 2.05) is 0 Å². The van der Waals surface area contributed by atoms with Crippen molar-refractivity contribution in [3.05, 3.63) is 11.6 Å². The van der Waals surface area contributed by atoms with Crippen LogP contribution in [-0.2, 0) is 4.79 Å². The van der Waals surface area contributed by atoms with Crippen LogP contribution < -0.4 is 0 Å².